The van der Waals surface area contributed by atoms with E-state index in [4.69, 9.17) is 16.3 Å². The zero-order chi connectivity index (χ0) is 23.1. The van der Waals surface area contributed by atoms with Gasteiger partial charge in [0.15, 0.2) is 0 Å². The van der Waals surface area contributed by atoms with Crippen LogP contribution in [0.3, 0.4) is 0 Å². The third-order valence-electron chi connectivity index (χ3n) is 4.44. The van der Waals surface area contributed by atoms with Gasteiger partial charge in [0.05, 0.1) is 18.2 Å². The molecule has 1 N–H and O–H groups in total. The number of amides is 1. The number of hydrogen-bond donors (Lipinski definition) is 1. The highest BCUT2D eigenvalue weighted by Gasteiger charge is 2.29. The van der Waals surface area contributed by atoms with Crippen molar-refractivity contribution in [3.05, 3.63) is 89.4 Å². The zero-order valence-corrected chi connectivity index (χ0v) is 19.0. The zero-order valence-electron chi connectivity index (χ0n) is 17.5. The molecule has 3 aromatic rings. The number of halogens is 1. The molecule has 7 nitrogen and oxygen atoms in total. The lowest BCUT2D eigenvalue weighted by Gasteiger charge is -2.27. The Balaban J connectivity index is 1.74. The van der Waals surface area contributed by atoms with Gasteiger partial charge in [0.2, 0.25) is 10.0 Å². The maximum Gasteiger partial charge on any atom is 0.263 e. The topological polar surface area (TPSA) is 88.1 Å². The fourth-order valence-electron chi connectivity index (χ4n) is 2.93. The first-order valence-corrected chi connectivity index (χ1v) is 11.9. The van der Waals surface area contributed by atoms with Crippen LogP contribution in [0.4, 0.5) is 5.69 Å². The maximum absolute atomic E-state index is 12.6. The SMILES string of the molecule is C[C@H](C(=O)N/N=C\c1ccccc1Cl)N(c1ccc(Oc2ccccc2)cc1)S(C)(=O)=O. The maximum atomic E-state index is 12.6. The quantitative estimate of drug-likeness (QED) is 0.388. The minimum atomic E-state index is -3.76. The van der Waals surface area contributed by atoms with E-state index in [0.29, 0.717) is 27.8 Å². The second-order valence-corrected chi connectivity index (χ2v) is 9.17. The van der Waals surface area contributed by atoms with E-state index in [1.807, 2.05) is 30.3 Å². The number of carbonyl (C=O) groups is 1. The molecule has 0 bridgehead atoms. The van der Waals surface area contributed by atoms with E-state index < -0.39 is 22.0 Å². The molecule has 0 aromatic heterocycles. The largest absolute Gasteiger partial charge is 0.457 e. The summed E-state index contributed by atoms with van der Waals surface area (Å²) in [5.74, 6) is 0.600. The number of nitrogens with zero attached hydrogens (tertiary/aromatic N) is 2. The van der Waals surface area contributed by atoms with E-state index in [0.717, 1.165) is 10.6 Å². The van der Waals surface area contributed by atoms with Crippen molar-refractivity contribution in [3.8, 4) is 11.5 Å². The summed E-state index contributed by atoms with van der Waals surface area (Å²) in [7, 11) is -3.76. The van der Waals surface area contributed by atoms with Crippen molar-refractivity contribution >= 4 is 39.4 Å². The van der Waals surface area contributed by atoms with Gasteiger partial charge < -0.3 is 4.74 Å². The van der Waals surface area contributed by atoms with Crippen molar-refractivity contribution in [1.82, 2.24) is 5.43 Å². The Morgan fingerprint density at radius 3 is 2.22 bits per heavy atom. The number of para-hydroxylation sites is 1. The fraction of sp³-hybridized carbons (Fsp3) is 0.130. The molecule has 166 valence electrons. The monoisotopic (exact) mass is 471 g/mol. The molecule has 1 atom stereocenters. The van der Waals surface area contributed by atoms with Gasteiger partial charge >= 0.3 is 0 Å². The summed E-state index contributed by atoms with van der Waals surface area (Å²) in [6, 6.07) is 21.6. The summed E-state index contributed by atoms with van der Waals surface area (Å²) in [5, 5.41) is 4.37. The highest BCUT2D eigenvalue weighted by atomic mass is 35.5. The Labute approximate surface area is 192 Å². The standard InChI is InChI=1S/C23H22ClN3O4S/c1-17(23(28)26-25-16-18-8-6-7-11-22(18)24)27(32(2,29)30)19-12-14-21(15-13-19)31-20-9-4-3-5-10-20/h3-17H,1-2H3,(H,26,28)/b25-16-/t17-/m1/s1. The minimum Gasteiger partial charge on any atom is -0.457 e. The van der Waals surface area contributed by atoms with Crippen LogP contribution in [0.1, 0.15) is 12.5 Å². The van der Waals surface area contributed by atoms with Crippen LogP contribution in [0.25, 0.3) is 0 Å². The van der Waals surface area contributed by atoms with Crippen LogP contribution in [0.2, 0.25) is 5.02 Å². The fourth-order valence-corrected chi connectivity index (χ4v) is 4.29. The number of hydrogen-bond acceptors (Lipinski definition) is 5. The molecule has 0 spiro atoms. The second-order valence-electron chi connectivity index (χ2n) is 6.90. The third-order valence-corrected chi connectivity index (χ3v) is 6.03. The minimum absolute atomic E-state index is 0.325. The highest BCUT2D eigenvalue weighted by Crippen LogP contribution is 2.27. The predicted molar refractivity (Wildman–Crippen MR) is 127 cm³/mol. The number of ether oxygens (including phenoxy) is 1. The molecule has 0 aliphatic rings. The number of rotatable bonds is 8. The average Bonchev–Trinajstić information content (AvgIpc) is 2.76. The van der Waals surface area contributed by atoms with E-state index in [2.05, 4.69) is 10.5 Å². The smallest absolute Gasteiger partial charge is 0.263 e. The molecular weight excluding hydrogens is 450 g/mol. The number of anilines is 1. The molecule has 0 aliphatic heterocycles. The van der Waals surface area contributed by atoms with Gasteiger partial charge in [0.1, 0.15) is 17.5 Å². The summed E-state index contributed by atoms with van der Waals surface area (Å²) in [6.07, 6.45) is 2.44. The van der Waals surface area contributed by atoms with Crippen LogP contribution in [0.15, 0.2) is 84.0 Å². The van der Waals surface area contributed by atoms with Crippen LogP contribution in [0, 0.1) is 0 Å². The van der Waals surface area contributed by atoms with E-state index in [1.54, 1.807) is 48.5 Å². The molecular formula is C23H22ClN3O4S. The number of nitrogens with one attached hydrogen (secondary N) is 1. The van der Waals surface area contributed by atoms with Crippen LogP contribution >= 0.6 is 11.6 Å². The van der Waals surface area contributed by atoms with Gasteiger partial charge in [-0.05, 0) is 49.4 Å². The van der Waals surface area contributed by atoms with E-state index in [1.165, 1.54) is 13.1 Å². The van der Waals surface area contributed by atoms with Gasteiger partial charge in [-0.15, -0.1) is 0 Å². The van der Waals surface area contributed by atoms with Crippen molar-refractivity contribution < 1.29 is 17.9 Å². The molecule has 3 aromatic carbocycles. The van der Waals surface area contributed by atoms with Gasteiger partial charge in [-0.1, -0.05) is 48.0 Å². The molecule has 32 heavy (non-hydrogen) atoms. The Morgan fingerprint density at radius 2 is 1.59 bits per heavy atom. The Kier molecular flexibility index (Phi) is 7.50. The van der Waals surface area contributed by atoms with Crippen LogP contribution in [-0.2, 0) is 14.8 Å². The van der Waals surface area contributed by atoms with Gasteiger partial charge in [0.25, 0.3) is 5.91 Å². The Morgan fingerprint density at radius 1 is 1.00 bits per heavy atom. The van der Waals surface area contributed by atoms with Crippen molar-refractivity contribution in [2.75, 3.05) is 10.6 Å². The van der Waals surface area contributed by atoms with Gasteiger partial charge in [-0.3, -0.25) is 9.10 Å². The summed E-state index contributed by atoms with van der Waals surface area (Å²) >= 11 is 6.05. The van der Waals surface area contributed by atoms with Crippen LogP contribution in [0.5, 0.6) is 11.5 Å². The van der Waals surface area contributed by atoms with Gasteiger partial charge in [0, 0.05) is 10.6 Å². The van der Waals surface area contributed by atoms with Crippen LogP contribution in [-0.4, -0.2) is 32.8 Å². The molecule has 0 saturated carbocycles. The van der Waals surface area contributed by atoms with E-state index in [9.17, 15) is 13.2 Å². The molecule has 1 amide bonds. The first-order valence-electron chi connectivity index (χ1n) is 9.65. The normalized spacial score (nSPS) is 12.3. The summed E-state index contributed by atoms with van der Waals surface area (Å²) in [4.78, 5) is 12.6. The van der Waals surface area contributed by atoms with Crippen LogP contribution < -0.4 is 14.5 Å². The number of benzene rings is 3. The Bertz CT molecular complexity index is 1200. The predicted octanol–water partition coefficient (Wildman–Crippen LogP) is 4.44. The lowest BCUT2D eigenvalue weighted by Crippen LogP contribution is -2.46. The number of sulfonamides is 1. The Hall–Kier alpha value is -3.36. The van der Waals surface area contributed by atoms with Crippen molar-refractivity contribution in [2.45, 2.75) is 13.0 Å². The third kappa shape index (κ3) is 6.09. The molecule has 0 unspecified atom stereocenters. The molecule has 0 fully saturated rings. The lowest BCUT2D eigenvalue weighted by atomic mass is 10.2. The van der Waals surface area contributed by atoms with Gasteiger partial charge in [-0.25, -0.2) is 13.8 Å². The molecule has 0 radical (unpaired) electrons. The number of carbonyl (C=O) groups excluding carboxylic acids is 1. The summed E-state index contributed by atoms with van der Waals surface area (Å²) in [5.41, 5.74) is 3.31. The first-order chi connectivity index (χ1) is 15.3. The number of hydrazone groups is 1. The van der Waals surface area contributed by atoms with E-state index >= 15 is 0 Å². The van der Waals surface area contributed by atoms with Gasteiger partial charge in [-0.2, -0.15) is 5.10 Å². The molecule has 0 aliphatic carbocycles. The van der Waals surface area contributed by atoms with Crippen molar-refractivity contribution in [3.63, 3.8) is 0 Å². The second kappa shape index (κ2) is 10.3. The highest BCUT2D eigenvalue weighted by molar-refractivity contribution is 7.92. The first kappa shape index (κ1) is 23.3. The van der Waals surface area contributed by atoms with E-state index in [-0.39, 0.29) is 0 Å². The summed E-state index contributed by atoms with van der Waals surface area (Å²) < 4.78 is 31.7. The molecule has 3 rings (SSSR count). The average molecular weight is 472 g/mol. The lowest BCUT2D eigenvalue weighted by molar-refractivity contribution is -0.121. The van der Waals surface area contributed by atoms with Crippen molar-refractivity contribution in [2.24, 2.45) is 5.10 Å². The molecule has 0 heterocycles. The molecule has 0 saturated heterocycles. The molecule has 9 heteroatoms. The summed E-state index contributed by atoms with van der Waals surface area (Å²) in [6.45, 7) is 1.48. The van der Waals surface area contributed by atoms with Crippen molar-refractivity contribution in [1.29, 1.82) is 0 Å².